The number of pyridine rings is 1. The molecule has 2 aromatic rings. The van der Waals surface area contributed by atoms with Crippen LogP contribution in [0.5, 0.6) is 5.75 Å². The zero-order valence-corrected chi connectivity index (χ0v) is 10.1. The van der Waals surface area contributed by atoms with Gasteiger partial charge >= 0.3 is 0 Å². The van der Waals surface area contributed by atoms with E-state index in [0.29, 0.717) is 5.75 Å². The smallest absolute Gasteiger partial charge is 0.262 e. The predicted molar refractivity (Wildman–Crippen MR) is 69.5 cm³/mol. The molecule has 0 aliphatic rings. The molecule has 1 aromatic carbocycles. The molecule has 0 aliphatic heterocycles. The van der Waals surface area contributed by atoms with Gasteiger partial charge in [0.05, 0.1) is 6.20 Å². The summed E-state index contributed by atoms with van der Waals surface area (Å²) in [6.45, 7) is 1.97. The topological polar surface area (TPSA) is 51.2 Å². The molecule has 1 N–H and O–H groups in total. The Labute approximate surface area is 106 Å². The number of rotatable bonds is 4. The standard InChI is InChI=1S/C14H14N2O2/c1-11-4-6-12(7-5-11)16-14(17)10-18-13-3-2-8-15-9-13/h2-9H,10H2,1H3,(H,16,17). The largest absolute Gasteiger partial charge is 0.482 e. The summed E-state index contributed by atoms with van der Waals surface area (Å²) in [5.74, 6) is 0.388. The summed E-state index contributed by atoms with van der Waals surface area (Å²) in [7, 11) is 0. The van der Waals surface area contributed by atoms with Crippen LogP contribution in [0, 0.1) is 6.92 Å². The first kappa shape index (κ1) is 12.1. The molecule has 0 fully saturated rings. The van der Waals surface area contributed by atoms with Crippen LogP contribution >= 0.6 is 0 Å². The first-order valence-electron chi connectivity index (χ1n) is 5.63. The van der Waals surface area contributed by atoms with Gasteiger partial charge in [-0.1, -0.05) is 17.7 Å². The van der Waals surface area contributed by atoms with E-state index in [2.05, 4.69) is 10.3 Å². The molecule has 2 rings (SSSR count). The molecule has 0 unspecified atom stereocenters. The molecular formula is C14H14N2O2. The van der Waals surface area contributed by atoms with E-state index in [1.54, 1.807) is 24.5 Å². The molecule has 92 valence electrons. The van der Waals surface area contributed by atoms with Gasteiger partial charge in [-0.15, -0.1) is 0 Å². The van der Waals surface area contributed by atoms with Crippen molar-refractivity contribution in [2.45, 2.75) is 6.92 Å². The van der Waals surface area contributed by atoms with Crippen LogP contribution in [0.2, 0.25) is 0 Å². The summed E-state index contributed by atoms with van der Waals surface area (Å²) in [5.41, 5.74) is 1.92. The molecule has 0 radical (unpaired) electrons. The third-order valence-electron chi connectivity index (χ3n) is 2.34. The summed E-state index contributed by atoms with van der Waals surface area (Å²) in [5, 5.41) is 2.76. The maximum atomic E-state index is 11.6. The van der Waals surface area contributed by atoms with Gasteiger partial charge in [-0.05, 0) is 31.2 Å². The highest BCUT2D eigenvalue weighted by molar-refractivity contribution is 5.91. The van der Waals surface area contributed by atoms with Crippen LogP contribution in [-0.4, -0.2) is 17.5 Å². The third kappa shape index (κ3) is 3.59. The predicted octanol–water partition coefficient (Wildman–Crippen LogP) is 2.41. The van der Waals surface area contributed by atoms with E-state index in [4.69, 9.17) is 4.74 Å². The minimum atomic E-state index is -0.192. The molecule has 0 saturated carbocycles. The van der Waals surface area contributed by atoms with Gasteiger partial charge in [0.1, 0.15) is 5.75 Å². The van der Waals surface area contributed by atoms with Gasteiger partial charge in [-0.3, -0.25) is 9.78 Å². The van der Waals surface area contributed by atoms with Crippen molar-refractivity contribution in [2.75, 3.05) is 11.9 Å². The number of ether oxygens (including phenoxy) is 1. The average Bonchev–Trinajstić information content (AvgIpc) is 2.40. The van der Waals surface area contributed by atoms with E-state index in [-0.39, 0.29) is 12.5 Å². The summed E-state index contributed by atoms with van der Waals surface area (Å²) in [4.78, 5) is 15.5. The van der Waals surface area contributed by atoms with Crippen molar-refractivity contribution in [1.29, 1.82) is 0 Å². The Morgan fingerprint density at radius 3 is 2.72 bits per heavy atom. The van der Waals surface area contributed by atoms with Crippen LogP contribution in [0.25, 0.3) is 0 Å². The molecule has 1 amide bonds. The Bertz CT molecular complexity index is 509. The lowest BCUT2D eigenvalue weighted by Crippen LogP contribution is -2.20. The van der Waals surface area contributed by atoms with E-state index in [0.717, 1.165) is 11.3 Å². The highest BCUT2D eigenvalue weighted by Gasteiger charge is 2.03. The normalized spacial score (nSPS) is 9.83. The Morgan fingerprint density at radius 2 is 2.06 bits per heavy atom. The number of hydrogen-bond donors (Lipinski definition) is 1. The van der Waals surface area contributed by atoms with Crippen LogP contribution < -0.4 is 10.1 Å². The van der Waals surface area contributed by atoms with E-state index in [9.17, 15) is 4.79 Å². The highest BCUT2D eigenvalue weighted by Crippen LogP contribution is 2.09. The number of hydrogen-bond acceptors (Lipinski definition) is 3. The van der Waals surface area contributed by atoms with Crippen LogP contribution in [0.4, 0.5) is 5.69 Å². The lowest BCUT2D eigenvalue weighted by Gasteiger charge is -2.07. The quantitative estimate of drug-likeness (QED) is 0.895. The third-order valence-corrected chi connectivity index (χ3v) is 2.34. The minimum Gasteiger partial charge on any atom is -0.482 e. The molecule has 0 saturated heterocycles. The van der Waals surface area contributed by atoms with Crippen LogP contribution in [0.1, 0.15) is 5.56 Å². The van der Waals surface area contributed by atoms with E-state index in [1.165, 1.54) is 0 Å². The van der Waals surface area contributed by atoms with Crippen LogP contribution in [-0.2, 0) is 4.79 Å². The van der Waals surface area contributed by atoms with Gasteiger partial charge in [-0.25, -0.2) is 0 Å². The Morgan fingerprint density at radius 1 is 1.28 bits per heavy atom. The summed E-state index contributed by atoms with van der Waals surface area (Å²) < 4.78 is 5.29. The number of nitrogens with one attached hydrogen (secondary N) is 1. The SMILES string of the molecule is Cc1ccc(NC(=O)COc2cccnc2)cc1. The maximum Gasteiger partial charge on any atom is 0.262 e. The van der Waals surface area contributed by atoms with Crippen LogP contribution in [0.3, 0.4) is 0 Å². The molecule has 1 aromatic heterocycles. The number of carbonyl (C=O) groups is 1. The van der Waals surface area contributed by atoms with E-state index < -0.39 is 0 Å². The minimum absolute atomic E-state index is 0.0282. The number of benzene rings is 1. The molecule has 0 bridgehead atoms. The van der Waals surface area contributed by atoms with Gasteiger partial charge in [-0.2, -0.15) is 0 Å². The zero-order chi connectivity index (χ0) is 12.8. The molecule has 18 heavy (non-hydrogen) atoms. The highest BCUT2D eigenvalue weighted by atomic mass is 16.5. The van der Waals surface area contributed by atoms with Crippen molar-refractivity contribution in [2.24, 2.45) is 0 Å². The summed E-state index contributed by atoms with van der Waals surface area (Å²) in [6, 6.07) is 11.1. The molecule has 4 nitrogen and oxygen atoms in total. The first-order chi connectivity index (χ1) is 8.74. The fourth-order valence-corrected chi connectivity index (χ4v) is 1.42. The van der Waals surface area contributed by atoms with Crippen molar-refractivity contribution in [3.63, 3.8) is 0 Å². The van der Waals surface area contributed by atoms with Gasteiger partial charge in [0.15, 0.2) is 6.61 Å². The van der Waals surface area contributed by atoms with Crippen molar-refractivity contribution < 1.29 is 9.53 Å². The number of carbonyl (C=O) groups excluding carboxylic acids is 1. The lowest BCUT2D eigenvalue weighted by molar-refractivity contribution is -0.118. The number of aryl methyl sites for hydroxylation is 1. The molecule has 4 heteroatoms. The molecule has 0 aliphatic carbocycles. The number of amides is 1. The fourth-order valence-electron chi connectivity index (χ4n) is 1.42. The Kier molecular flexibility index (Phi) is 3.91. The zero-order valence-electron chi connectivity index (χ0n) is 10.1. The number of anilines is 1. The molecular weight excluding hydrogens is 228 g/mol. The van der Waals surface area contributed by atoms with Crippen molar-refractivity contribution >= 4 is 11.6 Å². The van der Waals surface area contributed by atoms with Crippen molar-refractivity contribution in [3.05, 3.63) is 54.4 Å². The average molecular weight is 242 g/mol. The second-order valence-electron chi connectivity index (χ2n) is 3.89. The number of nitrogens with zero attached hydrogens (tertiary/aromatic N) is 1. The van der Waals surface area contributed by atoms with Crippen LogP contribution in [0.15, 0.2) is 48.8 Å². The van der Waals surface area contributed by atoms with Crippen molar-refractivity contribution in [1.82, 2.24) is 4.98 Å². The second kappa shape index (κ2) is 5.82. The fraction of sp³-hybridized carbons (Fsp3) is 0.143. The molecule has 1 heterocycles. The second-order valence-corrected chi connectivity index (χ2v) is 3.89. The van der Waals surface area contributed by atoms with E-state index in [1.807, 2.05) is 31.2 Å². The first-order valence-corrected chi connectivity index (χ1v) is 5.63. The summed E-state index contributed by atoms with van der Waals surface area (Å²) in [6.07, 6.45) is 3.22. The van der Waals surface area contributed by atoms with Gasteiger partial charge in [0.25, 0.3) is 5.91 Å². The molecule has 0 atom stereocenters. The van der Waals surface area contributed by atoms with Gasteiger partial charge in [0, 0.05) is 11.9 Å². The molecule has 0 spiro atoms. The lowest BCUT2D eigenvalue weighted by atomic mass is 10.2. The van der Waals surface area contributed by atoms with Gasteiger partial charge < -0.3 is 10.1 Å². The Hall–Kier alpha value is -2.36. The summed E-state index contributed by atoms with van der Waals surface area (Å²) >= 11 is 0. The monoisotopic (exact) mass is 242 g/mol. The number of aromatic nitrogens is 1. The maximum absolute atomic E-state index is 11.6. The van der Waals surface area contributed by atoms with Crippen molar-refractivity contribution in [3.8, 4) is 5.75 Å². The Balaban J connectivity index is 1.84. The van der Waals surface area contributed by atoms with Gasteiger partial charge in [0.2, 0.25) is 0 Å². The van der Waals surface area contributed by atoms with E-state index >= 15 is 0 Å².